The number of hydrogen-bond acceptors (Lipinski definition) is 6. The second-order valence-corrected chi connectivity index (χ2v) is 6.62. The summed E-state index contributed by atoms with van der Waals surface area (Å²) in [6, 6.07) is 18.0. The molecule has 26 heavy (non-hydrogen) atoms. The Bertz CT molecular complexity index is 1020. The molecule has 0 spiro atoms. The zero-order valence-electron chi connectivity index (χ0n) is 14.3. The molecule has 1 N–H and O–H groups in total. The van der Waals surface area contributed by atoms with Crippen molar-refractivity contribution in [1.29, 1.82) is 0 Å². The van der Waals surface area contributed by atoms with Gasteiger partial charge in [0, 0.05) is 17.5 Å². The van der Waals surface area contributed by atoms with Crippen molar-refractivity contribution >= 4 is 28.5 Å². The van der Waals surface area contributed by atoms with Crippen molar-refractivity contribution in [1.82, 2.24) is 15.0 Å². The van der Waals surface area contributed by atoms with Gasteiger partial charge in [-0.05, 0) is 19.1 Å². The lowest BCUT2D eigenvalue weighted by Crippen LogP contribution is -2.02. The van der Waals surface area contributed by atoms with Crippen LogP contribution in [0.15, 0.2) is 70.4 Å². The summed E-state index contributed by atoms with van der Waals surface area (Å²) in [7, 11) is 0. The van der Waals surface area contributed by atoms with Gasteiger partial charge in [0.1, 0.15) is 5.82 Å². The number of nitrogens with zero attached hydrogens (tertiary/aromatic N) is 3. The van der Waals surface area contributed by atoms with Crippen molar-refractivity contribution < 1.29 is 4.42 Å². The number of oxazole rings is 1. The number of fused-ring (bicyclic) bond motifs is 1. The normalized spacial score (nSPS) is 11.0. The summed E-state index contributed by atoms with van der Waals surface area (Å²) in [6.45, 7) is 2.87. The van der Waals surface area contributed by atoms with Crippen LogP contribution >= 0.6 is 11.8 Å². The van der Waals surface area contributed by atoms with Crippen LogP contribution in [0, 0.1) is 0 Å². The van der Waals surface area contributed by atoms with Gasteiger partial charge in [0.05, 0.1) is 17.5 Å². The number of nitrogens with one attached hydrogen (secondary N) is 1. The van der Waals surface area contributed by atoms with Crippen LogP contribution in [-0.4, -0.2) is 21.5 Å². The second kappa shape index (κ2) is 7.58. The van der Waals surface area contributed by atoms with E-state index in [2.05, 4.69) is 27.2 Å². The van der Waals surface area contributed by atoms with Crippen LogP contribution in [-0.2, 0) is 5.75 Å². The fraction of sp³-hybridized carbons (Fsp3) is 0.150. The van der Waals surface area contributed by atoms with Gasteiger partial charge >= 0.3 is 0 Å². The van der Waals surface area contributed by atoms with Crippen LogP contribution in [0.5, 0.6) is 0 Å². The molecule has 0 bridgehead atoms. The fourth-order valence-corrected chi connectivity index (χ4v) is 3.37. The van der Waals surface area contributed by atoms with Crippen molar-refractivity contribution in [3.63, 3.8) is 0 Å². The van der Waals surface area contributed by atoms with Gasteiger partial charge in [-0.1, -0.05) is 54.2 Å². The maximum Gasteiger partial charge on any atom is 0.205 e. The monoisotopic (exact) mass is 362 g/mol. The highest BCUT2D eigenvalue weighted by molar-refractivity contribution is 7.98. The third-order valence-corrected chi connectivity index (χ3v) is 4.70. The number of aromatic nitrogens is 3. The predicted octanol–water partition coefficient (Wildman–Crippen LogP) is 5.01. The lowest BCUT2D eigenvalue weighted by molar-refractivity contribution is 0.530. The lowest BCUT2D eigenvalue weighted by Gasteiger charge is -2.08. The highest BCUT2D eigenvalue weighted by Crippen LogP contribution is 2.27. The number of benzene rings is 2. The van der Waals surface area contributed by atoms with Crippen molar-refractivity contribution in [2.24, 2.45) is 0 Å². The van der Waals surface area contributed by atoms with Crippen LogP contribution < -0.4 is 5.32 Å². The van der Waals surface area contributed by atoms with Gasteiger partial charge < -0.3 is 9.73 Å². The van der Waals surface area contributed by atoms with Gasteiger partial charge in [-0.2, -0.15) is 0 Å². The van der Waals surface area contributed by atoms with E-state index in [4.69, 9.17) is 4.42 Å². The van der Waals surface area contributed by atoms with Gasteiger partial charge in [-0.25, -0.2) is 15.0 Å². The molecule has 0 amide bonds. The molecule has 0 fully saturated rings. The quantitative estimate of drug-likeness (QED) is 0.384. The molecule has 0 atom stereocenters. The van der Waals surface area contributed by atoms with Crippen molar-refractivity contribution in [3.05, 3.63) is 66.7 Å². The molecule has 0 aliphatic carbocycles. The van der Waals surface area contributed by atoms with E-state index in [-0.39, 0.29) is 0 Å². The Labute approximate surface area is 155 Å². The molecule has 0 radical (unpaired) electrons. The SMILES string of the molecule is CCNc1nc(SCc2ncc(-c3ccccc3)o2)nc2ccccc12. The first-order valence-corrected chi connectivity index (χ1v) is 9.45. The largest absolute Gasteiger partial charge is 0.440 e. The average Bonchev–Trinajstić information content (AvgIpc) is 3.16. The van der Waals surface area contributed by atoms with E-state index >= 15 is 0 Å². The number of thioether (sulfide) groups is 1. The molecule has 0 saturated heterocycles. The summed E-state index contributed by atoms with van der Waals surface area (Å²) in [6.07, 6.45) is 1.76. The lowest BCUT2D eigenvalue weighted by atomic mass is 10.2. The van der Waals surface area contributed by atoms with E-state index in [1.54, 1.807) is 6.20 Å². The van der Waals surface area contributed by atoms with E-state index in [9.17, 15) is 0 Å². The number of hydrogen-bond donors (Lipinski definition) is 1. The van der Waals surface area contributed by atoms with Crippen molar-refractivity contribution in [3.8, 4) is 11.3 Å². The Morgan fingerprint density at radius 1 is 1.00 bits per heavy atom. The summed E-state index contributed by atoms with van der Waals surface area (Å²) in [5, 5.41) is 5.05. The topological polar surface area (TPSA) is 63.8 Å². The van der Waals surface area contributed by atoms with E-state index < -0.39 is 0 Å². The summed E-state index contributed by atoms with van der Waals surface area (Å²) >= 11 is 1.52. The number of rotatable bonds is 6. The van der Waals surface area contributed by atoms with Crippen LogP contribution in [0.25, 0.3) is 22.2 Å². The molecule has 4 aromatic rings. The molecule has 0 saturated carbocycles. The van der Waals surface area contributed by atoms with Crippen molar-refractivity contribution in [2.45, 2.75) is 17.8 Å². The molecule has 2 heterocycles. The molecule has 6 heteroatoms. The minimum Gasteiger partial charge on any atom is -0.440 e. The third-order valence-electron chi connectivity index (χ3n) is 3.86. The molecular weight excluding hydrogens is 344 g/mol. The highest BCUT2D eigenvalue weighted by Gasteiger charge is 2.10. The maximum absolute atomic E-state index is 5.85. The van der Waals surface area contributed by atoms with Crippen LogP contribution in [0.2, 0.25) is 0 Å². The van der Waals surface area contributed by atoms with Gasteiger partial charge in [0.15, 0.2) is 10.9 Å². The van der Waals surface area contributed by atoms with Crippen LogP contribution in [0.1, 0.15) is 12.8 Å². The average molecular weight is 362 g/mol. The molecular formula is C20H18N4OS. The first-order chi connectivity index (χ1) is 12.8. The highest BCUT2D eigenvalue weighted by atomic mass is 32.2. The second-order valence-electron chi connectivity index (χ2n) is 5.68. The Kier molecular flexibility index (Phi) is 4.84. The summed E-state index contributed by atoms with van der Waals surface area (Å²) < 4.78 is 5.85. The Morgan fingerprint density at radius 2 is 1.81 bits per heavy atom. The molecule has 2 aromatic heterocycles. The molecule has 5 nitrogen and oxygen atoms in total. The Morgan fingerprint density at radius 3 is 2.65 bits per heavy atom. The zero-order chi connectivity index (χ0) is 17.8. The molecule has 2 aromatic carbocycles. The smallest absolute Gasteiger partial charge is 0.205 e. The maximum atomic E-state index is 5.85. The van der Waals surface area contributed by atoms with E-state index in [1.807, 2.05) is 54.6 Å². The van der Waals surface area contributed by atoms with Gasteiger partial charge in [0.2, 0.25) is 5.89 Å². The van der Waals surface area contributed by atoms with E-state index in [1.165, 1.54) is 11.8 Å². The molecule has 4 rings (SSSR count). The molecule has 0 aliphatic rings. The molecule has 130 valence electrons. The van der Waals surface area contributed by atoms with Crippen LogP contribution in [0.3, 0.4) is 0 Å². The Balaban J connectivity index is 1.54. The molecule has 0 aliphatic heterocycles. The third kappa shape index (κ3) is 3.55. The van der Waals surface area contributed by atoms with Gasteiger partial charge in [0.25, 0.3) is 0 Å². The predicted molar refractivity (Wildman–Crippen MR) is 105 cm³/mol. The van der Waals surface area contributed by atoms with Crippen LogP contribution in [0.4, 0.5) is 5.82 Å². The first kappa shape index (κ1) is 16.6. The van der Waals surface area contributed by atoms with E-state index in [0.717, 1.165) is 34.6 Å². The fourth-order valence-electron chi connectivity index (χ4n) is 2.66. The summed E-state index contributed by atoms with van der Waals surface area (Å²) in [4.78, 5) is 13.7. The standard InChI is InChI=1S/C20H18N4OS/c1-2-21-19-15-10-6-7-11-16(15)23-20(24-19)26-13-18-22-12-17(25-18)14-8-4-3-5-9-14/h3-12H,2,13H2,1H3,(H,21,23,24). The Hall–Kier alpha value is -2.86. The van der Waals surface area contributed by atoms with Crippen molar-refractivity contribution in [2.75, 3.05) is 11.9 Å². The minimum atomic E-state index is 0.580. The van der Waals surface area contributed by atoms with Gasteiger partial charge in [-0.3, -0.25) is 0 Å². The molecule has 0 unspecified atom stereocenters. The minimum absolute atomic E-state index is 0.580. The van der Waals surface area contributed by atoms with E-state index in [0.29, 0.717) is 16.8 Å². The summed E-state index contributed by atoms with van der Waals surface area (Å²) in [5.74, 6) is 2.87. The number of anilines is 1. The van der Waals surface area contributed by atoms with Gasteiger partial charge in [-0.15, -0.1) is 0 Å². The zero-order valence-corrected chi connectivity index (χ0v) is 15.2. The number of para-hydroxylation sites is 1. The first-order valence-electron chi connectivity index (χ1n) is 8.47. The summed E-state index contributed by atoms with van der Waals surface area (Å²) in [5.41, 5.74) is 1.95.